The first-order valence-electron chi connectivity index (χ1n) is 15.7. The van der Waals surface area contributed by atoms with E-state index in [-0.39, 0.29) is 23.8 Å². The highest BCUT2D eigenvalue weighted by Crippen LogP contribution is 2.28. The number of likely N-dealkylation sites (tertiary alicyclic amines) is 1. The summed E-state index contributed by atoms with van der Waals surface area (Å²) in [4.78, 5) is 35.7. The van der Waals surface area contributed by atoms with Gasteiger partial charge in [0.05, 0.1) is 11.0 Å². The van der Waals surface area contributed by atoms with Crippen LogP contribution in [-0.2, 0) is 17.8 Å². The van der Waals surface area contributed by atoms with E-state index in [0.717, 1.165) is 62.2 Å². The molecule has 8 heteroatoms. The maximum absolute atomic E-state index is 13.5. The van der Waals surface area contributed by atoms with Gasteiger partial charge in [-0.3, -0.25) is 14.5 Å². The van der Waals surface area contributed by atoms with E-state index in [9.17, 15) is 9.59 Å². The van der Waals surface area contributed by atoms with Crippen LogP contribution in [0.15, 0.2) is 66.0 Å². The van der Waals surface area contributed by atoms with Crippen molar-refractivity contribution in [3.8, 4) is 0 Å². The summed E-state index contributed by atoms with van der Waals surface area (Å²) in [6, 6.07) is 20.2. The Bertz CT molecular complexity index is 1490. The molecule has 4 aromatic rings. The van der Waals surface area contributed by atoms with Crippen LogP contribution in [0.25, 0.3) is 11.0 Å². The van der Waals surface area contributed by atoms with Crippen LogP contribution in [0.3, 0.4) is 0 Å². The zero-order valence-electron chi connectivity index (χ0n) is 25.9. The van der Waals surface area contributed by atoms with E-state index in [1.165, 1.54) is 10.4 Å². The van der Waals surface area contributed by atoms with Crippen molar-refractivity contribution in [3.63, 3.8) is 0 Å². The molecule has 2 N–H and O–H groups in total. The number of rotatable bonds is 13. The Morgan fingerprint density at radius 1 is 1.05 bits per heavy atom. The summed E-state index contributed by atoms with van der Waals surface area (Å²) >= 11 is 1.74. The molecule has 43 heavy (non-hydrogen) atoms. The van der Waals surface area contributed by atoms with Crippen LogP contribution < -0.4 is 10.6 Å². The lowest BCUT2D eigenvalue weighted by atomic mass is 10.0. The van der Waals surface area contributed by atoms with Crippen LogP contribution in [0, 0.1) is 5.92 Å². The summed E-state index contributed by atoms with van der Waals surface area (Å²) in [5, 5.41) is 8.39. The highest BCUT2D eigenvalue weighted by molar-refractivity contribution is 7.09. The number of benzene rings is 2. The van der Waals surface area contributed by atoms with Gasteiger partial charge in [-0.25, -0.2) is 4.98 Å². The number of imidazole rings is 1. The zero-order chi connectivity index (χ0) is 30.3. The van der Waals surface area contributed by atoms with Gasteiger partial charge >= 0.3 is 0 Å². The molecule has 1 fully saturated rings. The van der Waals surface area contributed by atoms with Crippen LogP contribution >= 0.6 is 11.3 Å². The number of aromatic nitrogens is 2. The highest BCUT2D eigenvalue weighted by atomic mass is 32.1. The topological polar surface area (TPSA) is 79.3 Å². The molecular formula is C35H45N5O2S. The largest absolute Gasteiger partial charge is 0.350 e. The summed E-state index contributed by atoms with van der Waals surface area (Å²) in [6.07, 6.45) is 4.28. The van der Waals surface area contributed by atoms with Crippen molar-refractivity contribution in [2.24, 2.45) is 5.92 Å². The number of thiophene rings is 1. The van der Waals surface area contributed by atoms with Gasteiger partial charge in [0.25, 0.3) is 5.91 Å². The molecule has 1 unspecified atom stereocenters. The quantitative estimate of drug-likeness (QED) is 0.182. The number of amides is 2. The normalized spacial score (nSPS) is 16.3. The van der Waals surface area contributed by atoms with E-state index in [0.29, 0.717) is 18.0 Å². The number of nitrogens with one attached hydrogen (secondary N) is 2. The van der Waals surface area contributed by atoms with Crippen LogP contribution in [0.4, 0.5) is 0 Å². The zero-order valence-corrected chi connectivity index (χ0v) is 26.7. The number of fused-ring (bicyclic) bond motifs is 1. The minimum Gasteiger partial charge on any atom is -0.350 e. The second-order valence-corrected chi connectivity index (χ2v) is 13.2. The van der Waals surface area contributed by atoms with Crippen molar-refractivity contribution in [3.05, 3.63) is 87.9 Å². The Labute approximate surface area is 259 Å². The SMILES string of the molecule is CCC(CC)n1c(Cc2cccs2)nc2cc(C(=O)N[C@@H](CC(C)C)C(=O)NC3CCN(Cc4ccccc4)C3)ccc21. The average Bonchev–Trinajstić information content (AvgIpc) is 3.75. The summed E-state index contributed by atoms with van der Waals surface area (Å²) in [6.45, 7) is 11.2. The lowest BCUT2D eigenvalue weighted by Crippen LogP contribution is -2.50. The smallest absolute Gasteiger partial charge is 0.252 e. The van der Waals surface area contributed by atoms with Gasteiger partial charge in [0, 0.05) is 48.6 Å². The number of nitrogens with zero attached hydrogens (tertiary/aromatic N) is 3. The van der Waals surface area contributed by atoms with Crippen LogP contribution in [0.2, 0.25) is 0 Å². The fourth-order valence-corrected chi connectivity index (χ4v) is 6.93. The van der Waals surface area contributed by atoms with Crippen LogP contribution in [-0.4, -0.2) is 51.4 Å². The molecule has 7 nitrogen and oxygen atoms in total. The third kappa shape index (κ3) is 7.73. The van der Waals surface area contributed by atoms with E-state index in [1.807, 2.05) is 24.3 Å². The molecular weight excluding hydrogens is 554 g/mol. The predicted molar refractivity (Wildman–Crippen MR) is 175 cm³/mol. The van der Waals surface area contributed by atoms with Gasteiger partial charge < -0.3 is 15.2 Å². The molecule has 1 aliphatic rings. The van der Waals surface area contributed by atoms with E-state index < -0.39 is 6.04 Å². The Hall–Kier alpha value is -3.49. The third-order valence-electron chi connectivity index (χ3n) is 8.44. The van der Waals surface area contributed by atoms with Crippen molar-refractivity contribution in [2.75, 3.05) is 13.1 Å². The van der Waals surface area contributed by atoms with Crippen molar-refractivity contribution in [1.29, 1.82) is 0 Å². The first-order chi connectivity index (χ1) is 20.8. The minimum absolute atomic E-state index is 0.0786. The van der Waals surface area contributed by atoms with Gasteiger partial charge in [-0.2, -0.15) is 0 Å². The van der Waals surface area contributed by atoms with Gasteiger partial charge in [0.15, 0.2) is 0 Å². The molecule has 0 bridgehead atoms. The Kier molecular flexibility index (Phi) is 10.3. The first kappa shape index (κ1) is 31.0. The molecule has 0 saturated carbocycles. The standard InChI is InChI=1S/C35H45N5O2S/c1-5-28(6-2)40-32-15-14-26(20-30(32)37-33(40)21-29-13-10-18-43-29)34(41)38-31(19-24(3)4)35(42)36-27-16-17-39(23-27)22-25-11-8-7-9-12-25/h7-15,18,20,24,27-28,31H,5-6,16-17,19,21-23H2,1-4H3,(H,36,42)(H,38,41)/t27?,31-/m0/s1. The van der Waals surface area contributed by atoms with Crippen molar-refractivity contribution in [2.45, 2.75) is 84.5 Å². The molecule has 2 aromatic carbocycles. The summed E-state index contributed by atoms with van der Waals surface area (Å²) in [7, 11) is 0. The molecule has 1 aliphatic heterocycles. The molecule has 5 rings (SSSR count). The number of hydrogen-bond donors (Lipinski definition) is 2. The van der Waals surface area contributed by atoms with E-state index >= 15 is 0 Å². The Balaban J connectivity index is 1.29. The molecule has 228 valence electrons. The molecule has 3 heterocycles. The van der Waals surface area contributed by atoms with Crippen molar-refractivity contribution >= 4 is 34.2 Å². The van der Waals surface area contributed by atoms with E-state index in [4.69, 9.17) is 4.98 Å². The molecule has 0 aliphatic carbocycles. The summed E-state index contributed by atoms with van der Waals surface area (Å²) in [5.41, 5.74) is 3.68. The Morgan fingerprint density at radius 2 is 1.84 bits per heavy atom. The minimum atomic E-state index is -0.595. The van der Waals surface area contributed by atoms with Gasteiger partial charge in [-0.1, -0.05) is 64.1 Å². The molecule has 1 saturated heterocycles. The van der Waals surface area contributed by atoms with Crippen LogP contribution in [0.5, 0.6) is 0 Å². The maximum atomic E-state index is 13.5. The predicted octanol–water partition coefficient (Wildman–Crippen LogP) is 6.58. The number of carbonyl (C=O) groups is 2. The monoisotopic (exact) mass is 599 g/mol. The average molecular weight is 600 g/mol. The van der Waals surface area contributed by atoms with Crippen molar-refractivity contribution < 1.29 is 9.59 Å². The molecule has 0 spiro atoms. The van der Waals surface area contributed by atoms with Gasteiger partial charge in [0.1, 0.15) is 11.9 Å². The lowest BCUT2D eigenvalue weighted by Gasteiger charge is -2.23. The van der Waals surface area contributed by atoms with Crippen LogP contribution in [0.1, 0.15) is 86.0 Å². The fraction of sp³-hybridized carbons (Fsp3) is 0.457. The molecule has 2 amide bonds. The second-order valence-electron chi connectivity index (χ2n) is 12.2. The number of hydrogen-bond acceptors (Lipinski definition) is 5. The van der Waals surface area contributed by atoms with Crippen molar-refractivity contribution in [1.82, 2.24) is 25.1 Å². The maximum Gasteiger partial charge on any atom is 0.252 e. The summed E-state index contributed by atoms with van der Waals surface area (Å²) < 4.78 is 2.36. The highest BCUT2D eigenvalue weighted by Gasteiger charge is 2.29. The first-order valence-corrected chi connectivity index (χ1v) is 16.6. The van der Waals surface area contributed by atoms with Gasteiger partial charge in [0.2, 0.25) is 5.91 Å². The molecule has 0 radical (unpaired) electrons. The molecule has 2 atom stereocenters. The Morgan fingerprint density at radius 3 is 2.53 bits per heavy atom. The molecule has 2 aromatic heterocycles. The second kappa shape index (κ2) is 14.3. The van der Waals surface area contributed by atoms with Gasteiger partial charge in [-0.15, -0.1) is 11.3 Å². The lowest BCUT2D eigenvalue weighted by molar-refractivity contribution is -0.124. The third-order valence-corrected chi connectivity index (χ3v) is 9.32. The van der Waals surface area contributed by atoms with E-state index in [1.54, 1.807) is 11.3 Å². The summed E-state index contributed by atoms with van der Waals surface area (Å²) in [5.74, 6) is 0.938. The fourth-order valence-electron chi connectivity index (χ4n) is 6.23. The number of carbonyl (C=O) groups excluding carboxylic acids is 2. The van der Waals surface area contributed by atoms with Gasteiger partial charge in [-0.05, 0) is 66.8 Å². The van der Waals surface area contributed by atoms with E-state index in [2.05, 4.69) is 89.6 Å².